The fourth-order valence-corrected chi connectivity index (χ4v) is 1.82. The molecule has 0 unspecified atom stereocenters. The van der Waals surface area contributed by atoms with Crippen LogP contribution in [0.3, 0.4) is 0 Å². The van der Waals surface area contributed by atoms with Crippen LogP contribution in [0.5, 0.6) is 5.75 Å². The lowest BCUT2D eigenvalue weighted by molar-refractivity contribution is 0.0697. The molecule has 2 aromatic rings. The van der Waals surface area contributed by atoms with Crippen molar-refractivity contribution in [1.29, 1.82) is 0 Å². The third-order valence-electron chi connectivity index (χ3n) is 2.74. The zero-order chi connectivity index (χ0) is 15.4. The molecular formula is C15H17N3O3. The summed E-state index contributed by atoms with van der Waals surface area (Å²) in [6.07, 6.45) is 1.41. The largest absolute Gasteiger partial charge is 0.491 e. The van der Waals surface area contributed by atoms with Crippen LogP contribution in [0.25, 0.3) is 11.4 Å². The Morgan fingerprint density at radius 3 is 2.48 bits per heavy atom. The molecule has 0 saturated carbocycles. The van der Waals surface area contributed by atoms with Gasteiger partial charge in [-0.1, -0.05) is 0 Å². The van der Waals surface area contributed by atoms with Crippen LogP contribution in [-0.2, 0) is 0 Å². The second-order valence-corrected chi connectivity index (χ2v) is 4.70. The highest BCUT2D eigenvalue weighted by Gasteiger charge is 2.13. The van der Waals surface area contributed by atoms with E-state index in [9.17, 15) is 4.79 Å². The van der Waals surface area contributed by atoms with Gasteiger partial charge in [0.25, 0.3) is 0 Å². The van der Waals surface area contributed by atoms with Gasteiger partial charge in [0.1, 0.15) is 17.1 Å². The Morgan fingerprint density at radius 2 is 1.95 bits per heavy atom. The highest BCUT2D eigenvalue weighted by molar-refractivity contribution is 5.93. The summed E-state index contributed by atoms with van der Waals surface area (Å²) < 4.78 is 5.57. The minimum absolute atomic E-state index is 0.0426. The number of carboxylic acids is 1. The van der Waals surface area contributed by atoms with Crippen molar-refractivity contribution in [3.05, 3.63) is 36.0 Å². The molecule has 0 aliphatic carbocycles. The number of carboxylic acid groups (broad SMARTS) is 1. The van der Waals surface area contributed by atoms with Gasteiger partial charge in [-0.05, 0) is 38.1 Å². The van der Waals surface area contributed by atoms with Gasteiger partial charge in [0, 0.05) is 18.8 Å². The maximum absolute atomic E-state index is 11.0. The van der Waals surface area contributed by atoms with Crippen LogP contribution < -0.4 is 10.1 Å². The first-order valence-electron chi connectivity index (χ1n) is 6.56. The summed E-state index contributed by atoms with van der Waals surface area (Å²) in [7, 11) is 1.62. The molecule has 0 bridgehead atoms. The molecule has 0 aliphatic heterocycles. The number of hydrogen-bond donors (Lipinski definition) is 2. The van der Waals surface area contributed by atoms with E-state index < -0.39 is 5.97 Å². The topological polar surface area (TPSA) is 84.3 Å². The fourth-order valence-electron chi connectivity index (χ4n) is 1.82. The van der Waals surface area contributed by atoms with E-state index >= 15 is 0 Å². The van der Waals surface area contributed by atoms with Crippen molar-refractivity contribution in [2.75, 3.05) is 12.4 Å². The summed E-state index contributed by atoms with van der Waals surface area (Å²) in [6, 6.07) is 7.35. The van der Waals surface area contributed by atoms with Crippen LogP contribution in [0.1, 0.15) is 24.2 Å². The van der Waals surface area contributed by atoms with E-state index in [1.165, 1.54) is 6.20 Å². The molecule has 0 aliphatic rings. The number of nitrogens with one attached hydrogen (secondary N) is 1. The summed E-state index contributed by atoms with van der Waals surface area (Å²) in [4.78, 5) is 19.4. The average molecular weight is 287 g/mol. The van der Waals surface area contributed by atoms with E-state index in [0.717, 1.165) is 11.3 Å². The summed E-state index contributed by atoms with van der Waals surface area (Å²) in [5, 5.41) is 11.8. The monoisotopic (exact) mass is 287 g/mol. The first kappa shape index (κ1) is 14.8. The van der Waals surface area contributed by atoms with E-state index in [1.54, 1.807) is 7.05 Å². The lowest BCUT2D eigenvalue weighted by atomic mass is 10.2. The van der Waals surface area contributed by atoms with Gasteiger partial charge in [-0.15, -0.1) is 0 Å². The number of aromatic carboxylic acids is 1. The summed E-state index contributed by atoms with van der Waals surface area (Å²) in [5.41, 5.74) is 0.834. The second-order valence-electron chi connectivity index (χ2n) is 4.70. The van der Waals surface area contributed by atoms with Crippen LogP contribution in [0.15, 0.2) is 30.5 Å². The Balaban J connectivity index is 2.31. The molecule has 0 spiro atoms. The summed E-state index contributed by atoms with van der Waals surface area (Å²) >= 11 is 0. The number of hydrogen-bond acceptors (Lipinski definition) is 5. The number of ether oxygens (including phenoxy) is 1. The minimum Gasteiger partial charge on any atom is -0.491 e. The smallest absolute Gasteiger partial charge is 0.341 e. The second kappa shape index (κ2) is 6.21. The number of anilines is 1. The molecule has 110 valence electrons. The molecule has 1 heterocycles. The molecule has 1 aromatic carbocycles. The normalized spacial score (nSPS) is 10.5. The molecule has 2 N–H and O–H groups in total. The van der Waals surface area contributed by atoms with Crippen molar-refractivity contribution in [3.63, 3.8) is 0 Å². The SMILES string of the molecule is CNc1nc(-c2ccc(OC(C)C)cc2)ncc1C(=O)O. The van der Waals surface area contributed by atoms with Crippen molar-refractivity contribution in [1.82, 2.24) is 9.97 Å². The van der Waals surface area contributed by atoms with Gasteiger partial charge < -0.3 is 15.2 Å². The predicted octanol–water partition coefficient (Wildman–Crippen LogP) is 2.67. The van der Waals surface area contributed by atoms with Crippen LogP contribution in [0, 0.1) is 0 Å². The third kappa shape index (κ3) is 3.47. The van der Waals surface area contributed by atoms with Gasteiger partial charge in [0.2, 0.25) is 0 Å². The van der Waals surface area contributed by atoms with Gasteiger partial charge >= 0.3 is 5.97 Å². The first-order valence-corrected chi connectivity index (χ1v) is 6.56. The molecule has 6 heteroatoms. The lowest BCUT2D eigenvalue weighted by Crippen LogP contribution is -2.07. The Hall–Kier alpha value is -2.63. The standard InChI is InChI=1S/C15H17N3O3/c1-9(2)21-11-6-4-10(5-7-11)13-17-8-12(15(19)20)14(16-3)18-13/h4-9H,1-3H3,(H,19,20)(H,16,17,18). The zero-order valence-electron chi connectivity index (χ0n) is 12.1. The number of rotatable bonds is 5. The molecule has 0 atom stereocenters. The highest BCUT2D eigenvalue weighted by Crippen LogP contribution is 2.22. The molecular weight excluding hydrogens is 270 g/mol. The Morgan fingerprint density at radius 1 is 1.29 bits per heavy atom. The number of nitrogens with zero attached hydrogens (tertiary/aromatic N) is 2. The molecule has 0 fully saturated rings. The van der Waals surface area contributed by atoms with Crippen molar-refractivity contribution in [2.45, 2.75) is 20.0 Å². The van der Waals surface area contributed by atoms with E-state index in [0.29, 0.717) is 5.82 Å². The van der Waals surface area contributed by atoms with Gasteiger partial charge in [0.15, 0.2) is 5.82 Å². The van der Waals surface area contributed by atoms with Gasteiger partial charge in [-0.2, -0.15) is 0 Å². The van der Waals surface area contributed by atoms with Gasteiger partial charge in [-0.25, -0.2) is 14.8 Å². The highest BCUT2D eigenvalue weighted by atomic mass is 16.5. The molecule has 2 rings (SSSR count). The van der Waals surface area contributed by atoms with E-state index in [1.807, 2.05) is 38.1 Å². The van der Waals surface area contributed by atoms with E-state index in [-0.39, 0.29) is 17.5 Å². The predicted molar refractivity (Wildman–Crippen MR) is 79.7 cm³/mol. The third-order valence-corrected chi connectivity index (χ3v) is 2.74. The summed E-state index contributed by atoms with van der Waals surface area (Å²) in [6.45, 7) is 3.92. The maximum atomic E-state index is 11.0. The maximum Gasteiger partial charge on any atom is 0.341 e. The zero-order valence-corrected chi connectivity index (χ0v) is 12.1. The van der Waals surface area contributed by atoms with Crippen LogP contribution >= 0.6 is 0 Å². The Kier molecular flexibility index (Phi) is 4.37. The van der Waals surface area contributed by atoms with Crippen molar-refractivity contribution >= 4 is 11.8 Å². The molecule has 21 heavy (non-hydrogen) atoms. The average Bonchev–Trinajstić information content (AvgIpc) is 2.46. The Bertz CT molecular complexity index is 639. The quantitative estimate of drug-likeness (QED) is 0.879. The summed E-state index contributed by atoms with van der Waals surface area (Å²) in [5.74, 6) is 0.451. The molecule has 0 radical (unpaired) electrons. The molecule has 6 nitrogen and oxygen atoms in total. The number of aromatic nitrogens is 2. The lowest BCUT2D eigenvalue weighted by Gasteiger charge is -2.10. The van der Waals surface area contributed by atoms with E-state index in [2.05, 4.69) is 15.3 Å². The fraction of sp³-hybridized carbons (Fsp3) is 0.267. The van der Waals surface area contributed by atoms with Crippen molar-refractivity contribution in [3.8, 4) is 17.1 Å². The van der Waals surface area contributed by atoms with E-state index in [4.69, 9.17) is 9.84 Å². The van der Waals surface area contributed by atoms with Crippen molar-refractivity contribution < 1.29 is 14.6 Å². The van der Waals surface area contributed by atoms with Crippen LogP contribution in [-0.4, -0.2) is 34.2 Å². The number of benzene rings is 1. The first-order chi connectivity index (χ1) is 10.0. The number of carbonyl (C=O) groups is 1. The van der Waals surface area contributed by atoms with Gasteiger partial charge in [-0.3, -0.25) is 0 Å². The van der Waals surface area contributed by atoms with Crippen LogP contribution in [0.4, 0.5) is 5.82 Å². The molecule has 1 aromatic heterocycles. The molecule has 0 amide bonds. The van der Waals surface area contributed by atoms with Gasteiger partial charge in [0.05, 0.1) is 6.10 Å². The molecule has 0 saturated heterocycles. The minimum atomic E-state index is -1.06. The van der Waals surface area contributed by atoms with Crippen molar-refractivity contribution in [2.24, 2.45) is 0 Å². The Labute approximate surface area is 122 Å². The van der Waals surface area contributed by atoms with Crippen LogP contribution in [0.2, 0.25) is 0 Å².